The van der Waals surface area contributed by atoms with Crippen molar-refractivity contribution in [2.75, 3.05) is 6.61 Å². The van der Waals surface area contributed by atoms with Crippen LogP contribution in [0.25, 0.3) is 11.3 Å². The Balaban J connectivity index is 1.84. The minimum atomic E-state index is -4.56. The van der Waals surface area contributed by atoms with Crippen molar-refractivity contribution in [3.8, 4) is 11.3 Å². The van der Waals surface area contributed by atoms with Gasteiger partial charge in [0, 0.05) is 11.5 Å². The number of aliphatic hydroxyl groups is 4. The molecule has 4 N–H and O–H groups in total. The van der Waals surface area contributed by atoms with Crippen molar-refractivity contribution < 1.29 is 38.3 Å². The molecule has 10 heteroatoms. The Morgan fingerprint density at radius 2 is 1.77 bits per heavy atom. The molecule has 0 unspecified atom stereocenters. The molecule has 1 aliphatic heterocycles. The van der Waals surface area contributed by atoms with Crippen LogP contribution in [0.1, 0.15) is 29.7 Å². The number of halogens is 3. The first-order valence-electron chi connectivity index (χ1n) is 9.35. The van der Waals surface area contributed by atoms with Crippen molar-refractivity contribution in [3.05, 3.63) is 47.4 Å². The molecular formula is C20H23F3N2O5. The highest BCUT2D eigenvalue weighted by molar-refractivity contribution is 5.60. The van der Waals surface area contributed by atoms with E-state index in [0.29, 0.717) is 11.8 Å². The van der Waals surface area contributed by atoms with Gasteiger partial charge in [0.25, 0.3) is 0 Å². The van der Waals surface area contributed by atoms with Gasteiger partial charge in [-0.15, -0.1) is 0 Å². The maximum absolute atomic E-state index is 12.7. The molecule has 0 aliphatic carbocycles. The summed E-state index contributed by atoms with van der Waals surface area (Å²) in [6, 6.07) is 5.13. The Bertz CT molecular complexity index is 876. The molecule has 2 heterocycles. The number of rotatable bonds is 4. The van der Waals surface area contributed by atoms with Crippen molar-refractivity contribution in [2.24, 2.45) is 0 Å². The van der Waals surface area contributed by atoms with E-state index in [-0.39, 0.29) is 5.69 Å². The van der Waals surface area contributed by atoms with Crippen LogP contribution in [0.5, 0.6) is 0 Å². The van der Waals surface area contributed by atoms with Crippen LogP contribution in [-0.4, -0.2) is 67.5 Å². The number of hydrogen-bond donors (Lipinski definition) is 4. The predicted octanol–water partition coefficient (Wildman–Crippen LogP) is 1.42. The first-order valence-corrected chi connectivity index (χ1v) is 9.35. The highest BCUT2D eigenvalue weighted by atomic mass is 19.4. The van der Waals surface area contributed by atoms with Gasteiger partial charge in [-0.25, -0.2) is 4.98 Å². The van der Waals surface area contributed by atoms with Gasteiger partial charge >= 0.3 is 6.18 Å². The summed E-state index contributed by atoms with van der Waals surface area (Å²) in [6.45, 7) is 3.04. The molecule has 0 bridgehead atoms. The maximum Gasteiger partial charge on any atom is 0.434 e. The highest BCUT2D eigenvalue weighted by Crippen LogP contribution is 2.34. The Hall–Kier alpha value is -2.11. The topological polar surface area (TPSA) is 116 Å². The molecule has 0 saturated carbocycles. The Kier molecular flexibility index (Phi) is 6.44. The summed E-state index contributed by atoms with van der Waals surface area (Å²) in [7, 11) is 0. The highest BCUT2D eigenvalue weighted by Gasteiger charge is 2.45. The lowest BCUT2D eigenvalue weighted by atomic mass is 9.83. The van der Waals surface area contributed by atoms with Gasteiger partial charge in [-0.3, -0.25) is 4.98 Å². The van der Waals surface area contributed by atoms with E-state index in [1.54, 1.807) is 32.0 Å². The maximum atomic E-state index is 12.7. The number of aliphatic hydroxyl groups excluding tert-OH is 4. The van der Waals surface area contributed by atoms with Crippen molar-refractivity contribution in [1.29, 1.82) is 0 Å². The lowest BCUT2D eigenvalue weighted by Gasteiger charge is -2.42. The van der Waals surface area contributed by atoms with E-state index in [2.05, 4.69) is 9.97 Å². The number of benzene rings is 1. The second kappa shape index (κ2) is 8.56. The van der Waals surface area contributed by atoms with Gasteiger partial charge in [-0.1, -0.05) is 19.1 Å². The van der Waals surface area contributed by atoms with Gasteiger partial charge in [0.2, 0.25) is 0 Å². The van der Waals surface area contributed by atoms with E-state index in [9.17, 15) is 33.6 Å². The molecule has 1 saturated heterocycles. The molecule has 1 fully saturated rings. The van der Waals surface area contributed by atoms with Gasteiger partial charge < -0.3 is 25.2 Å². The summed E-state index contributed by atoms with van der Waals surface area (Å²) in [5, 5.41) is 39.7. The minimum Gasteiger partial charge on any atom is -0.394 e. The third-order valence-electron chi connectivity index (χ3n) is 5.42. The largest absolute Gasteiger partial charge is 0.434 e. The first kappa shape index (κ1) is 22.6. The Morgan fingerprint density at radius 1 is 1.07 bits per heavy atom. The predicted molar refractivity (Wildman–Crippen MR) is 99.4 cm³/mol. The molecule has 0 amide bonds. The molecule has 30 heavy (non-hydrogen) atoms. The van der Waals surface area contributed by atoms with Crippen LogP contribution >= 0.6 is 0 Å². The van der Waals surface area contributed by atoms with Gasteiger partial charge in [0.05, 0.1) is 30.8 Å². The van der Waals surface area contributed by atoms with Crippen LogP contribution in [-0.2, 0) is 10.9 Å². The van der Waals surface area contributed by atoms with E-state index in [1.807, 2.05) is 0 Å². The second-order valence-corrected chi connectivity index (χ2v) is 7.44. The number of aryl methyl sites for hydroxylation is 1. The standard InChI is InChI=1S/C20H23F3N2O5/c1-9-5-11(13-6-25-15(7-24-13)20(21,22)23)3-4-12(9)10(2)19-18(29)17(28)16(27)14(8-26)30-19/h3-7,10,14,16-19,26-29H,8H2,1-2H3/t10-,14-,16-,17+,18+,19-/m1/s1. The summed E-state index contributed by atoms with van der Waals surface area (Å²) in [4.78, 5) is 7.25. The molecule has 164 valence electrons. The van der Waals surface area contributed by atoms with E-state index in [0.717, 1.165) is 17.3 Å². The molecule has 1 aliphatic rings. The van der Waals surface area contributed by atoms with E-state index in [1.165, 1.54) is 0 Å². The molecule has 3 rings (SSSR count). The van der Waals surface area contributed by atoms with Crippen molar-refractivity contribution >= 4 is 0 Å². The smallest absolute Gasteiger partial charge is 0.394 e. The number of ether oxygens (including phenoxy) is 1. The number of aromatic nitrogens is 2. The number of hydrogen-bond acceptors (Lipinski definition) is 7. The quantitative estimate of drug-likeness (QED) is 0.582. The van der Waals surface area contributed by atoms with Crippen LogP contribution in [0.4, 0.5) is 13.2 Å². The van der Waals surface area contributed by atoms with Crippen LogP contribution < -0.4 is 0 Å². The summed E-state index contributed by atoms with van der Waals surface area (Å²) in [6.07, 6.45) is -8.98. The zero-order valence-electron chi connectivity index (χ0n) is 16.3. The van der Waals surface area contributed by atoms with Crippen LogP contribution in [0.2, 0.25) is 0 Å². The lowest BCUT2D eigenvalue weighted by Crippen LogP contribution is -2.59. The van der Waals surface area contributed by atoms with Crippen molar-refractivity contribution in [3.63, 3.8) is 0 Å². The number of nitrogens with zero attached hydrogens (tertiary/aromatic N) is 2. The fourth-order valence-corrected chi connectivity index (χ4v) is 3.69. The zero-order valence-corrected chi connectivity index (χ0v) is 16.3. The van der Waals surface area contributed by atoms with Crippen LogP contribution in [0.3, 0.4) is 0 Å². The summed E-state index contributed by atoms with van der Waals surface area (Å²) in [5.74, 6) is -0.413. The average molecular weight is 428 g/mol. The average Bonchev–Trinajstić information content (AvgIpc) is 2.71. The fourth-order valence-electron chi connectivity index (χ4n) is 3.69. The molecule has 7 nitrogen and oxygen atoms in total. The third kappa shape index (κ3) is 4.33. The SMILES string of the molecule is Cc1cc(-c2cnc(C(F)(F)F)cn2)ccc1[C@@H](C)[C@H]1O[C@H](CO)[C@@H](O)[C@H](O)[C@@H]1O. The summed E-state index contributed by atoms with van der Waals surface area (Å²) in [5.41, 5.74) is 1.30. The van der Waals surface area contributed by atoms with E-state index < -0.39 is 54.9 Å². The Morgan fingerprint density at radius 3 is 2.30 bits per heavy atom. The molecule has 1 aromatic heterocycles. The van der Waals surface area contributed by atoms with Gasteiger partial charge in [0.1, 0.15) is 24.4 Å². The summed E-state index contributed by atoms with van der Waals surface area (Å²) >= 11 is 0. The molecule has 0 radical (unpaired) electrons. The molecule has 1 aromatic carbocycles. The molecule has 0 spiro atoms. The monoisotopic (exact) mass is 428 g/mol. The third-order valence-corrected chi connectivity index (χ3v) is 5.42. The Labute approximate surface area is 170 Å². The van der Waals surface area contributed by atoms with Gasteiger partial charge in [-0.05, 0) is 24.1 Å². The van der Waals surface area contributed by atoms with Crippen LogP contribution in [0, 0.1) is 6.92 Å². The fraction of sp³-hybridized carbons (Fsp3) is 0.500. The second-order valence-electron chi connectivity index (χ2n) is 7.44. The normalized spacial score (nSPS) is 28.4. The van der Waals surface area contributed by atoms with Gasteiger partial charge in [-0.2, -0.15) is 13.2 Å². The molecule has 2 aromatic rings. The first-order chi connectivity index (χ1) is 14.0. The molecular weight excluding hydrogens is 405 g/mol. The summed E-state index contributed by atoms with van der Waals surface area (Å²) < 4.78 is 43.6. The van der Waals surface area contributed by atoms with Crippen molar-refractivity contribution in [1.82, 2.24) is 9.97 Å². The van der Waals surface area contributed by atoms with Crippen molar-refractivity contribution in [2.45, 2.75) is 56.5 Å². The van der Waals surface area contributed by atoms with Gasteiger partial charge in [0.15, 0.2) is 5.69 Å². The zero-order chi connectivity index (χ0) is 22.2. The molecule has 6 atom stereocenters. The van der Waals surface area contributed by atoms with Crippen LogP contribution in [0.15, 0.2) is 30.6 Å². The van der Waals surface area contributed by atoms with E-state index >= 15 is 0 Å². The van der Waals surface area contributed by atoms with E-state index in [4.69, 9.17) is 4.74 Å². The lowest BCUT2D eigenvalue weighted by molar-refractivity contribution is -0.233. The minimum absolute atomic E-state index is 0.276. The number of alkyl halides is 3.